The summed E-state index contributed by atoms with van der Waals surface area (Å²) in [7, 11) is 0. The Hall–Kier alpha value is -3.26. The number of amides is 1. The Morgan fingerprint density at radius 1 is 1.09 bits per heavy atom. The van der Waals surface area contributed by atoms with Crippen LogP contribution in [0.15, 0.2) is 64.4 Å². The summed E-state index contributed by atoms with van der Waals surface area (Å²) >= 11 is 1.49. The van der Waals surface area contributed by atoms with E-state index >= 15 is 0 Å². The first kappa shape index (κ1) is 22.9. The Bertz CT molecular complexity index is 1170. The van der Waals surface area contributed by atoms with E-state index in [0.717, 1.165) is 48.4 Å². The summed E-state index contributed by atoms with van der Waals surface area (Å²) in [6, 6.07) is 15.7. The maximum Gasteiger partial charge on any atom is 0.276 e. The van der Waals surface area contributed by atoms with Gasteiger partial charge in [0.05, 0.1) is 6.61 Å². The number of para-hydroxylation sites is 1. The zero-order valence-electron chi connectivity index (χ0n) is 18.7. The summed E-state index contributed by atoms with van der Waals surface area (Å²) in [5, 5.41) is 13.0. The number of nitrogens with zero attached hydrogens (tertiary/aromatic N) is 2. The summed E-state index contributed by atoms with van der Waals surface area (Å²) in [5.74, 6) is 2.19. The van der Waals surface area contributed by atoms with Crippen molar-refractivity contribution < 1.29 is 13.9 Å². The number of carbonyl (C=O) groups excluding carboxylic acids is 1. The lowest BCUT2D eigenvalue weighted by atomic mass is 10.1. The second-order valence-corrected chi connectivity index (χ2v) is 8.68. The average Bonchev–Trinajstić information content (AvgIpc) is 3.45. The third-order valence-corrected chi connectivity index (χ3v) is 6.09. The molecule has 4 rings (SSSR count). The number of rotatable bonds is 12. The number of anilines is 1. The van der Waals surface area contributed by atoms with Gasteiger partial charge in [-0.15, -0.1) is 10.2 Å². The molecule has 0 unspecified atom stereocenters. The molecule has 0 spiro atoms. The van der Waals surface area contributed by atoms with Crippen LogP contribution in [0.5, 0.6) is 5.75 Å². The van der Waals surface area contributed by atoms with Crippen LogP contribution >= 0.6 is 11.8 Å². The van der Waals surface area contributed by atoms with Gasteiger partial charge in [0.15, 0.2) is 0 Å². The van der Waals surface area contributed by atoms with Crippen molar-refractivity contribution in [2.24, 2.45) is 0 Å². The highest BCUT2D eigenvalue weighted by molar-refractivity contribution is 7.99. The van der Waals surface area contributed by atoms with Gasteiger partial charge in [0.2, 0.25) is 11.8 Å². The lowest BCUT2D eigenvalue weighted by Gasteiger charge is -2.06. The van der Waals surface area contributed by atoms with Gasteiger partial charge >= 0.3 is 0 Å². The highest BCUT2D eigenvalue weighted by Gasteiger charge is 2.09. The Kier molecular flexibility index (Phi) is 8.03. The topological polar surface area (TPSA) is 93.0 Å². The number of benzene rings is 2. The molecule has 2 heterocycles. The first-order valence-electron chi connectivity index (χ1n) is 11.2. The van der Waals surface area contributed by atoms with Gasteiger partial charge in [0.25, 0.3) is 5.22 Å². The molecular formula is C25H28N4O3S. The smallest absolute Gasteiger partial charge is 0.276 e. The molecule has 7 nitrogen and oxygen atoms in total. The van der Waals surface area contributed by atoms with Gasteiger partial charge in [-0.05, 0) is 62.1 Å². The van der Waals surface area contributed by atoms with E-state index in [9.17, 15) is 4.79 Å². The van der Waals surface area contributed by atoms with Gasteiger partial charge in [0, 0.05) is 41.4 Å². The van der Waals surface area contributed by atoms with E-state index in [2.05, 4.69) is 44.9 Å². The Balaban J connectivity index is 1.13. The highest BCUT2D eigenvalue weighted by atomic mass is 32.2. The lowest BCUT2D eigenvalue weighted by molar-refractivity contribution is -0.116. The molecule has 8 heteroatoms. The predicted molar refractivity (Wildman–Crippen MR) is 131 cm³/mol. The van der Waals surface area contributed by atoms with Crippen molar-refractivity contribution in [3.63, 3.8) is 0 Å². The SMILES string of the molecule is CCOc1ccc(NC(=O)CCCSc2nnc(CCCc3c[nH]c4ccccc34)o2)cc1. The predicted octanol–water partition coefficient (Wildman–Crippen LogP) is 5.64. The van der Waals surface area contributed by atoms with Crippen LogP contribution in [-0.2, 0) is 17.6 Å². The van der Waals surface area contributed by atoms with Gasteiger partial charge in [-0.3, -0.25) is 4.79 Å². The number of hydrogen-bond acceptors (Lipinski definition) is 6. The van der Waals surface area contributed by atoms with Crippen LogP contribution in [0.25, 0.3) is 10.9 Å². The fraction of sp³-hybridized carbons (Fsp3) is 0.320. The Morgan fingerprint density at radius 3 is 2.79 bits per heavy atom. The first-order valence-corrected chi connectivity index (χ1v) is 12.2. The Morgan fingerprint density at radius 2 is 1.94 bits per heavy atom. The number of aromatic amines is 1. The molecule has 2 aromatic carbocycles. The molecule has 0 aliphatic heterocycles. The highest BCUT2D eigenvalue weighted by Crippen LogP contribution is 2.22. The molecule has 0 atom stereocenters. The van der Waals surface area contributed by atoms with Gasteiger partial charge < -0.3 is 19.5 Å². The van der Waals surface area contributed by atoms with Crippen molar-refractivity contribution >= 4 is 34.3 Å². The molecule has 0 bridgehead atoms. The molecule has 2 aromatic heterocycles. The standard InChI is InChI=1S/C25H28N4O3S/c1-2-31-20-14-12-19(13-15-20)27-23(30)10-6-16-33-25-29-28-24(32-25)11-5-7-18-17-26-22-9-4-3-8-21(18)22/h3-4,8-9,12-15,17,26H,2,5-7,10-11,16H2,1H3,(H,27,30). The number of aryl methyl sites for hydroxylation is 2. The number of aromatic nitrogens is 3. The minimum absolute atomic E-state index is 0.0109. The molecule has 0 aliphatic rings. The third kappa shape index (κ3) is 6.61. The average molecular weight is 465 g/mol. The molecule has 172 valence electrons. The second kappa shape index (κ2) is 11.6. The lowest BCUT2D eigenvalue weighted by Crippen LogP contribution is -2.11. The number of carbonyl (C=O) groups is 1. The van der Waals surface area contributed by atoms with Crippen LogP contribution in [-0.4, -0.2) is 33.4 Å². The van der Waals surface area contributed by atoms with Crippen molar-refractivity contribution in [2.45, 2.75) is 44.3 Å². The molecule has 0 aliphatic carbocycles. The number of hydrogen-bond donors (Lipinski definition) is 2. The van der Waals surface area contributed by atoms with Gasteiger partial charge in [-0.1, -0.05) is 30.0 Å². The zero-order valence-corrected chi connectivity index (χ0v) is 19.5. The summed E-state index contributed by atoms with van der Waals surface area (Å²) in [6.45, 7) is 2.56. The summed E-state index contributed by atoms with van der Waals surface area (Å²) in [5.41, 5.74) is 3.24. The normalized spacial score (nSPS) is 11.1. The van der Waals surface area contributed by atoms with E-state index in [-0.39, 0.29) is 5.91 Å². The second-order valence-electron chi connectivity index (χ2n) is 7.63. The van der Waals surface area contributed by atoms with Crippen molar-refractivity contribution in [1.82, 2.24) is 15.2 Å². The minimum Gasteiger partial charge on any atom is -0.494 e. The third-order valence-electron chi connectivity index (χ3n) is 5.18. The largest absolute Gasteiger partial charge is 0.494 e. The van der Waals surface area contributed by atoms with E-state index in [4.69, 9.17) is 9.15 Å². The van der Waals surface area contributed by atoms with Gasteiger partial charge in [-0.25, -0.2) is 0 Å². The molecule has 0 fully saturated rings. The maximum absolute atomic E-state index is 12.1. The molecular weight excluding hydrogens is 436 g/mol. The minimum atomic E-state index is -0.0109. The fourth-order valence-corrected chi connectivity index (χ4v) is 4.30. The summed E-state index contributed by atoms with van der Waals surface area (Å²) < 4.78 is 11.2. The van der Waals surface area contributed by atoms with Crippen LogP contribution in [0.2, 0.25) is 0 Å². The van der Waals surface area contributed by atoms with E-state index in [1.54, 1.807) is 0 Å². The zero-order chi connectivity index (χ0) is 22.9. The first-order chi connectivity index (χ1) is 16.2. The molecule has 0 saturated carbocycles. The Labute approximate surface area is 197 Å². The van der Waals surface area contributed by atoms with Crippen molar-refractivity contribution in [2.75, 3.05) is 17.7 Å². The number of fused-ring (bicyclic) bond motifs is 1. The van der Waals surface area contributed by atoms with Crippen molar-refractivity contribution in [1.29, 1.82) is 0 Å². The van der Waals surface area contributed by atoms with Crippen molar-refractivity contribution in [3.8, 4) is 5.75 Å². The van der Waals surface area contributed by atoms with E-state index in [1.165, 1.54) is 22.7 Å². The fourth-order valence-electron chi connectivity index (χ4n) is 3.58. The molecule has 0 saturated heterocycles. The number of thioether (sulfide) groups is 1. The van der Waals surface area contributed by atoms with E-state index in [0.29, 0.717) is 24.1 Å². The van der Waals surface area contributed by atoms with Crippen LogP contribution in [0.4, 0.5) is 5.69 Å². The van der Waals surface area contributed by atoms with Crippen LogP contribution in [0.3, 0.4) is 0 Å². The van der Waals surface area contributed by atoms with E-state index < -0.39 is 0 Å². The summed E-state index contributed by atoms with van der Waals surface area (Å²) in [6.07, 6.45) is 5.89. The monoisotopic (exact) mass is 464 g/mol. The van der Waals surface area contributed by atoms with Crippen LogP contribution in [0.1, 0.15) is 37.6 Å². The molecule has 33 heavy (non-hydrogen) atoms. The number of H-pyrrole nitrogens is 1. The molecule has 2 N–H and O–H groups in total. The van der Waals surface area contributed by atoms with E-state index in [1.807, 2.05) is 37.3 Å². The van der Waals surface area contributed by atoms with Gasteiger partial charge in [-0.2, -0.15) is 0 Å². The number of nitrogens with one attached hydrogen (secondary N) is 2. The van der Waals surface area contributed by atoms with Crippen LogP contribution in [0, 0.1) is 0 Å². The molecule has 0 radical (unpaired) electrons. The number of ether oxygens (including phenoxy) is 1. The summed E-state index contributed by atoms with van der Waals surface area (Å²) in [4.78, 5) is 15.4. The quantitative estimate of drug-likeness (QED) is 0.208. The maximum atomic E-state index is 12.1. The molecule has 4 aromatic rings. The van der Waals surface area contributed by atoms with Crippen LogP contribution < -0.4 is 10.1 Å². The molecule has 1 amide bonds. The van der Waals surface area contributed by atoms with Crippen molar-refractivity contribution in [3.05, 3.63) is 66.2 Å². The van der Waals surface area contributed by atoms with Gasteiger partial charge in [0.1, 0.15) is 5.75 Å².